The average Bonchev–Trinajstić information content (AvgIpc) is 2.02. The van der Waals surface area contributed by atoms with Crippen molar-refractivity contribution in [3.63, 3.8) is 0 Å². The summed E-state index contributed by atoms with van der Waals surface area (Å²) in [6.07, 6.45) is 1.68. The van der Waals surface area contributed by atoms with Crippen molar-refractivity contribution in [3.8, 4) is 0 Å². The molecule has 2 aromatic rings. The van der Waals surface area contributed by atoms with Crippen molar-refractivity contribution < 1.29 is 0 Å². The normalized spacial score (nSPS) is 10.6. The van der Waals surface area contributed by atoms with Crippen molar-refractivity contribution in [2.24, 2.45) is 0 Å². The molecule has 1 aromatic carbocycles. The summed E-state index contributed by atoms with van der Waals surface area (Å²) in [4.78, 5) is 4.28. The Labute approximate surface area is 84.9 Å². The van der Waals surface area contributed by atoms with Crippen molar-refractivity contribution in [3.05, 3.63) is 34.4 Å². The van der Waals surface area contributed by atoms with Gasteiger partial charge in [-0.1, -0.05) is 15.9 Å². The Morgan fingerprint density at radius 2 is 2.08 bits per heavy atom. The van der Waals surface area contributed by atoms with Gasteiger partial charge in [-0.2, -0.15) is 0 Å². The lowest BCUT2D eigenvalue weighted by atomic mass is 10.1. The Hall–Kier alpha value is -1.09. The Balaban J connectivity index is 2.86. The van der Waals surface area contributed by atoms with Gasteiger partial charge in [0.1, 0.15) is 0 Å². The standard InChI is InChI=1S/C10H9BrN2/c1-6-2-8(11)3-7-4-9(12)5-13-10(6)7/h2-5H,12H2,1H3. The zero-order chi connectivity index (χ0) is 9.42. The summed E-state index contributed by atoms with van der Waals surface area (Å²) in [5, 5.41) is 1.08. The van der Waals surface area contributed by atoms with Crippen LogP contribution in [0.3, 0.4) is 0 Å². The summed E-state index contributed by atoms with van der Waals surface area (Å²) in [5.74, 6) is 0. The van der Waals surface area contributed by atoms with E-state index >= 15 is 0 Å². The number of hydrogen-bond acceptors (Lipinski definition) is 2. The lowest BCUT2D eigenvalue weighted by Gasteiger charge is -2.02. The topological polar surface area (TPSA) is 38.9 Å². The maximum absolute atomic E-state index is 5.65. The number of nitrogen functional groups attached to an aromatic ring is 1. The average molecular weight is 237 g/mol. The van der Waals surface area contributed by atoms with Crippen LogP contribution in [0.15, 0.2) is 28.9 Å². The van der Waals surface area contributed by atoms with Crippen LogP contribution >= 0.6 is 15.9 Å². The fraction of sp³-hybridized carbons (Fsp3) is 0.100. The van der Waals surface area contributed by atoms with E-state index in [1.807, 2.05) is 25.1 Å². The van der Waals surface area contributed by atoms with E-state index in [0.717, 1.165) is 20.9 Å². The van der Waals surface area contributed by atoms with E-state index in [9.17, 15) is 0 Å². The molecule has 0 amide bonds. The van der Waals surface area contributed by atoms with Crippen LogP contribution in [0.4, 0.5) is 5.69 Å². The van der Waals surface area contributed by atoms with Gasteiger partial charge in [0.05, 0.1) is 17.4 Å². The Morgan fingerprint density at radius 3 is 2.85 bits per heavy atom. The van der Waals surface area contributed by atoms with Crippen LogP contribution in [0.25, 0.3) is 10.9 Å². The number of benzene rings is 1. The molecule has 1 aromatic heterocycles. The molecule has 0 aliphatic carbocycles. The van der Waals surface area contributed by atoms with Gasteiger partial charge < -0.3 is 5.73 Å². The maximum atomic E-state index is 5.65. The van der Waals surface area contributed by atoms with Gasteiger partial charge in [-0.3, -0.25) is 4.98 Å². The minimum atomic E-state index is 0.699. The first-order chi connectivity index (χ1) is 6.16. The van der Waals surface area contributed by atoms with E-state index in [1.165, 1.54) is 0 Å². The smallest absolute Gasteiger partial charge is 0.0733 e. The molecule has 0 unspecified atom stereocenters. The van der Waals surface area contributed by atoms with E-state index in [0.29, 0.717) is 5.69 Å². The first kappa shape index (κ1) is 8.51. The molecule has 0 spiro atoms. The van der Waals surface area contributed by atoms with Crippen molar-refractivity contribution in [1.29, 1.82) is 0 Å². The number of fused-ring (bicyclic) bond motifs is 1. The predicted octanol–water partition coefficient (Wildman–Crippen LogP) is 2.89. The van der Waals surface area contributed by atoms with Crippen molar-refractivity contribution in [2.45, 2.75) is 6.92 Å². The van der Waals surface area contributed by atoms with Crippen LogP contribution in [-0.4, -0.2) is 4.98 Å². The molecule has 0 fully saturated rings. The van der Waals surface area contributed by atoms with Gasteiger partial charge in [-0.25, -0.2) is 0 Å². The van der Waals surface area contributed by atoms with Gasteiger partial charge in [0.25, 0.3) is 0 Å². The largest absolute Gasteiger partial charge is 0.397 e. The number of rotatable bonds is 0. The third kappa shape index (κ3) is 1.52. The van der Waals surface area contributed by atoms with Crippen LogP contribution in [0.1, 0.15) is 5.56 Å². The lowest BCUT2D eigenvalue weighted by molar-refractivity contribution is 1.36. The molecule has 66 valence electrons. The highest BCUT2D eigenvalue weighted by molar-refractivity contribution is 9.10. The Kier molecular flexibility index (Phi) is 1.96. The number of anilines is 1. The highest BCUT2D eigenvalue weighted by Crippen LogP contribution is 2.23. The van der Waals surface area contributed by atoms with Crippen LogP contribution in [-0.2, 0) is 0 Å². The summed E-state index contributed by atoms with van der Waals surface area (Å²) in [7, 11) is 0. The number of pyridine rings is 1. The van der Waals surface area contributed by atoms with Gasteiger partial charge in [0.15, 0.2) is 0 Å². The monoisotopic (exact) mass is 236 g/mol. The first-order valence-corrected chi connectivity index (χ1v) is 4.77. The molecular formula is C10H9BrN2. The van der Waals surface area contributed by atoms with E-state index in [1.54, 1.807) is 6.20 Å². The molecule has 0 bridgehead atoms. The molecule has 0 atom stereocenters. The van der Waals surface area contributed by atoms with Gasteiger partial charge in [0.2, 0.25) is 0 Å². The SMILES string of the molecule is Cc1cc(Br)cc2cc(N)cnc12. The molecular weight excluding hydrogens is 228 g/mol. The second-order valence-electron chi connectivity index (χ2n) is 3.06. The maximum Gasteiger partial charge on any atom is 0.0733 e. The molecule has 3 heteroatoms. The minimum Gasteiger partial charge on any atom is -0.397 e. The highest BCUT2D eigenvalue weighted by atomic mass is 79.9. The highest BCUT2D eigenvalue weighted by Gasteiger charge is 2.00. The Bertz CT molecular complexity index is 460. The van der Waals surface area contributed by atoms with Crippen LogP contribution in [0, 0.1) is 6.92 Å². The van der Waals surface area contributed by atoms with Crippen LogP contribution < -0.4 is 5.73 Å². The molecule has 1 heterocycles. The number of aryl methyl sites for hydroxylation is 1. The predicted molar refractivity (Wildman–Crippen MR) is 58.6 cm³/mol. The van der Waals surface area contributed by atoms with Crippen molar-refractivity contribution in [1.82, 2.24) is 4.98 Å². The molecule has 0 saturated carbocycles. The zero-order valence-electron chi connectivity index (χ0n) is 7.21. The summed E-state index contributed by atoms with van der Waals surface area (Å²) >= 11 is 3.44. The van der Waals surface area contributed by atoms with Crippen molar-refractivity contribution >= 4 is 32.5 Å². The lowest BCUT2D eigenvalue weighted by Crippen LogP contribution is -1.89. The number of nitrogens with two attached hydrogens (primary N) is 1. The summed E-state index contributed by atoms with van der Waals surface area (Å²) < 4.78 is 1.06. The van der Waals surface area contributed by atoms with E-state index < -0.39 is 0 Å². The molecule has 13 heavy (non-hydrogen) atoms. The minimum absolute atomic E-state index is 0.699. The molecule has 2 nitrogen and oxygen atoms in total. The summed E-state index contributed by atoms with van der Waals surface area (Å²) in [6.45, 7) is 2.04. The van der Waals surface area contributed by atoms with Gasteiger partial charge in [-0.15, -0.1) is 0 Å². The van der Waals surface area contributed by atoms with Crippen LogP contribution in [0.2, 0.25) is 0 Å². The van der Waals surface area contributed by atoms with Crippen LogP contribution in [0.5, 0.6) is 0 Å². The third-order valence-electron chi connectivity index (χ3n) is 1.96. The fourth-order valence-corrected chi connectivity index (χ4v) is 1.99. The number of halogens is 1. The van der Waals surface area contributed by atoms with Gasteiger partial charge in [-0.05, 0) is 30.7 Å². The molecule has 0 aliphatic rings. The number of nitrogens with zero attached hydrogens (tertiary/aromatic N) is 1. The van der Waals surface area contributed by atoms with E-state index in [-0.39, 0.29) is 0 Å². The van der Waals surface area contributed by atoms with E-state index in [2.05, 4.69) is 20.9 Å². The Morgan fingerprint density at radius 1 is 1.31 bits per heavy atom. The molecule has 0 aliphatic heterocycles. The van der Waals surface area contributed by atoms with Crippen molar-refractivity contribution in [2.75, 3.05) is 5.73 Å². The molecule has 2 rings (SSSR count). The quantitative estimate of drug-likeness (QED) is 0.765. The first-order valence-electron chi connectivity index (χ1n) is 3.98. The number of aromatic nitrogens is 1. The zero-order valence-corrected chi connectivity index (χ0v) is 8.80. The summed E-state index contributed by atoms with van der Waals surface area (Å²) in [5.41, 5.74) is 8.51. The number of hydrogen-bond donors (Lipinski definition) is 1. The second-order valence-corrected chi connectivity index (χ2v) is 3.98. The second kappa shape index (κ2) is 3.00. The molecule has 0 saturated heterocycles. The third-order valence-corrected chi connectivity index (χ3v) is 2.42. The fourth-order valence-electron chi connectivity index (χ4n) is 1.40. The van der Waals surface area contributed by atoms with Gasteiger partial charge in [0, 0.05) is 9.86 Å². The molecule has 0 radical (unpaired) electrons. The summed E-state index contributed by atoms with van der Waals surface area (Å²) in [6, 6.07) is 6.00. The van der Waals surface area contributed by atoms with Gasteiger partial charge >= 0.3 is 0 Å². The molecule has 2 N–H and O–H groups in total. The van der Waals surface area contributed by atoms with E-state index in [4.69, 9.17) is 5.73 Å².